The van der Waals surface area contributed by atoms with Crippen LogP contribution in [0.5, 0.6) is 5.75 Å². The number of methoxy groups -OCH3 is 1. The number of hydrogen-bond acceptors (Lipinski definition) is 2. The summed E-state index contributed by atoms with van der Waals surface area (Å²) in [5.41, 5.74) is 2.77. The fourth-order valence-electron chi connectivity index (χ4n) is 4.28. The van der Waals surface area contributed by atoms with E-state index in [0.717, 1.165) is 60.7 Å². The molecule has 0 radical (unpaired) electrons. The standard InChI is InChI=1S/C18H23BrO3/c1-22-16-14(19)11-12-7-3-2-4-8-13(12)15(16)18(17(20)21)9-5-6-10-18/h11H,2-10H2,1H3,(H,20,21). The number of carbonyl (C=O) groups is 1. The fraction of sp³-hybridized carbons (Fsp3) is 0.611. The zero-order chi connectivity index (χ0) is 15.7. The summed E-state index contributed by atoms with van der Waals surface area (Å²) in [6.07, 6.45) is 8.97. The molecule has 0 spiro atoms. The van der Waals surface area contributed by atoms with Crippen molar-refractivity contribution in [3.8, 4) is 5.75 Å². The van der Waals surface area contributed by atoms with Gasteiger partial charge in [0.2, 0.25) is 0 Å². The highest BCUT2D eigenvalue weighted by Gasteiger charge is 2.47. The molecule has 2 aliphatic rings. The van der Waals surface area contributed by atoms with E-state index in [1.54, 1.807) is 7.11 Å². The maximum atomic E-state index is 12.2. The van der Waals surface area contributed by atoms with E-state index in [0.29, 0.717) is 0 Å². The number of aliphatic carboxylic acids is 1. The van der Waals surface area contributed by atoms with E-state index in [1.807, 2.05) is 0 Å². The lowest BCUT2D eigenvalue weighted by molar-refractivity contribution is -0.143. The Balaban J connectivity index is 2.28. The molecule has 3 nitrogen and oxygen atoms in total. The van der Waals surface area contributed by atoms with Gasteiger partial charge in [0.1, 0.15) is 5.75 Å². The Morgan fingerprint density at radius 2 is 1.86 bits per heavy atom. The lowest BCUT2D eigenvalue weighted by Crippen LogP contribution is -2.34. The zero-order valence-electron chi connectivity index (χ0n) is 13.1. The lowest BCUT2D eigenvalue weighted by Gasteiger charge is -2.30. The fourth-order valence-corrected chi connectivity index (χ4v) is 4.92. The maximum absolute atomic E-state index is 12.2. The van der Waals surface area contributed by atoms with Gasteiger partial charge < -0.3 is 9.84 Å². The van der Waals surface area contributed by atoms with Crippen LogP contribution in [0.2, 0.25) is 0 Å². The summed E-state index contributed by atoms with van der Waals surface area (Å²) in [6, 6.07) is 2.15. The van der Waals surface area contributed by atoms with Gasteiger partial charge in [0, 0.05) is 5.56 Å². The van der Waals surface area contributed by atoms with Crippen molar-refractivity contribution >= 4 is 21.9 Å². The Morgan fingerprint density at radius 3 is 2.50 bits per heavy atom. The monoisotopic (exact) mass is 366 g/mol. The average Bonchev–Trinajstić information content (AvgIpc) is 2.88. The minimum absolute atomic E-state index is 0.687. The molecule has 0 amide bonds. The van der Waals surface area contributed by atoms with Gasteiger partial charge in [-0.1, -0.05) is 19.3 Å². The van der Waals surface area contributed by atoms with Crippen LogP contribution in [-0.4, -0.2) is 18.2 Å². The van der Waals surface area contributed by atoms with Gasteiger partial charge in [0.05, 0.1) is 17.0 Å². The van der Waals surface area contributed by atoms with E-state index in [2.05, 4.69) is 22.0 Å². The van der Waals surface area contributed by atoms with Crippen LogP contribution in [0.1, 0.15) is 61.6 Å². The Morgan fingerprint density at radius 1 is 1.18 bits per heavy atom. The van der Waals surface area contributed by atoms with Gasteiger partial charge in [0.25, 0.3) is 0 Å². The van der Waals surface area contributed by atoms with Gasteiger partial charge in [-0.2, -0.15) is 0 Å². The molecule has 22 heavy (non-hydrogen) atoms. The first kappa shape index (κ1) is 15.9. The van der Waals surface area contributed by atoms with E-state index in [9.17, 15) is 9.90 Å². The quantitative estimate of drug-likeness (QED) is 0.793. The number of benzene rings is 1. The van der Waals surface area contributed by atoms with E-state index >= 15 is 0 Å². The highest BCUT2D eigenvalue weighted by atomic mass is 79.9. The zero-order valence-corrected chi connectivity index (χ0v) is 14.7. The van der Waals surface area contributed by atoms with E-state index in [4.69, 9.17) is 4.74 Å². The Labute approximate surface area is 140 Å². The summed E-state index contributed by atoms with van der Waals surface area (Å²) in [5.74, 6) is 0.0535. The van der Waals surface area contributed by atoms with Crippen LogP contribution >= 0.6 is 15.9 Å². The second kappa shape index (κ2) is 6.23. The van der Waals surface area contributed by atoms with Gasteiger partial charge in [0.15, 0.2) is 0 Å². The molecule has 120 valence electrons. The van der Waals surface area contributed by atoms with Crippen molar-refractivity contribution < 1.29 is 14.6 Å². The smallest absolute Gasteiger partial charge is 0.314 e. The van der Waals surface area contributed by atoms with Gasteiger partial charge in [-0.25, -0.2) is 0 Å². The predicted molar refractivity (Wildman–Crippen MR) is 89.7 cm³/mol. The highest BCUT2D eigenvalue weighted by molar-refractivity contribution is 9.10. The van der Waals surface area contributed by atoms with Gasteiger partial charge >= 0.3 is 5.97 Å². The molecular weight excluding hydrogens is 344 g/mol. The molecule has 0 bridgehead atoms. The normalized spacial score (nSPS) is 20.3. The minimum atomic E-state index is -0.760. The summed E-state index contributed by atoms with van der Waals surface area (Å²) in [4.78, 5) is 12.2. The Bertz CT molecular complexity index is 588. The summed E-state index contributed by atoms with van der Waals surface area (Å²) in [6.45, 7) is 0. The van der Waals surface area contributed by atoms with Crippen molar-refractivity contribution in [2.24, 2.45) is 0 Å². The van der Waals surface area contributed by atoms with Crippen LogP contribution < -0.4 is 4.74 Å². The molecule has 4 heteroatoms. The molecule has 1 saturated carbocycles. The average molecular weight is 367 g/mol. The molecule has 1 aromatic carbocycles. The first-order valence-corrected chi connectivity index (χ1v) is 9.01. The number of carboxylic acids is 1. The van der Waals surface area contributed by atoms with Crippen molar-refractivity contribution in [3.05, 3.63) is 27.2 Å². The topological polar surface area (TPSA) is 46.5 Å². The second-order valence-electron chi connectivity index (χ2n) is 6.56. The molecule has 0 saturated heterocycles. The molecular formula is C18H23BrO3. The predicted octanol–water partition coefficient (Wildman–Crippen LogP) is 4.62. The third kappa shape index (κ3) is 2.45. The summed E-state index contributed by atoms with van der Waals surface area (Å²) < 4.78 is 6.56. The summed E-state index contributed by atoms with van der Waals surface area (Å²) in [7, 11) is 1.65. The number of rotatable bonds is 3. The first-order valence-electron chi connectivity index (χ1n) is 8.22. The van der Waals surface area contributed by atoms with Crippen molar-refractivity contribution in [2.75, 3.05) is 7.11 Å². The second-order valence-corrected chi connectivity index (χ2v) is 7.41. The first-order chi connectivity index (χ1) is 10.6. The third-order valence-corrected chi connectivity index (χ3v) is 5.95. The molecule has 2 aliphatic carbocycles. The molecule has 0 aromatic heterocycles. The molecule has 0 aliphatic heterocycles. The van der Waals surface area contributed by atoms with Gasteiger partial charge in [-0.05, 0) is 71.6 Å². The van der Waals surface area contributed by atoms with Gasteiger partial charge in [-0.3, -0.25) is 4.79 Å². The molecule has 1 N–H and O–H groups in total. The van der Waals surface area contributed by atoms with Crippen LogP contribution in [0.4, 0.5) is 0 Å². The van der Waals surface area contributed by atoms with Crippen molar-refractivity contribution in [2.45, 2.75) is 63.2 Å². The molecule has 1 aromatic rings. The number of hydrogen-bond donors (Lipinski definition) is 1. The Hall–Kier alpha value is -1.03. The van der Waals surface area contributed by atoms with Crippen molar-refractivity contribution in [3.63, 3.8) is 0 Å². The molecule has 1 fully saturated rings. The number of ether oxygens (including phenoxy) is 1. The summed E-state index contributed by atoms with van der Waals surface area (Å²) in [5, 5.41) is 10.0. The molecule has 0 unspecified atom stereocenters. The summed E-state index contributed by atoms with van der Waals surface area (Å²) >= 11 is 3.61. The van der Waals surface area contributed by atoms with Crippen LogP contribution in [-0.2, 0) is 23.1 Å². The largest absolute Gasteiger partial charge is 0.495 e. The van der Waals surface area contributed by atoms with E-state index in [-0.39, 0.29) is 0 Å². The number of fused-ring (bicyclic) bond motifs is 1. The highest BCUT2D eigenvalue weighted by Crippen LogP contribution is 2.50. The molecule has 0 atom stereocenters. The van der Waals surface area contributed by atoms with Crippen LogP contribution in [0, 0.1) is 0 Å². The maximum Gasteiger partial charge on any atom is 0.314 e. The van der Waals surface area contributed by atoms with Crippen molar-refractivity contribution in [1.29, 1.82) is 0 Å². The molecule has 3 rings (SSSR count). The number of aryl methyl sites for hydroxylation is 1. The van der Waals surface area contributed by atoms with Gasteiger partial charge in [-0.15, -0.1) is 0 Å². The minimum Gasteiger partial charge on any atom is -0.495 e. The molecule has 0 heterocycles. The lowest BCUT2D eigenvalue weighted by atomic mass is 9.74. The number of halogens is 1. The van der Waals surface area contributed by atoms with Crippen molar-refractivity contribution in [1.82, 2.24) is 0 Å². The third-order valence-electron chi connectivity index (χ3n) is 5.36. The van der Waals surface area contributed by atoms with E-state index < -0.39 is 11.4 Å². The SMILES string of the molecule is COc1c(Br)cc2c(c1C1(C(=O)O)CCCC1)CCCCC2. The van der Waals surface area contributed by atoms with E-state index in [1.165, 1.54) is 24.0 Å². The van der Waals surface area contributed by atoms with Crippen LogP contribution in [0.15, 0.2) is 10.5 Å². The van der Waals surface area contributed by atoms with Crippen LogP contribution in [0.25, 0.3) is 0 Å². The Kier molecular flexibility index (Phi) is 4.49. The number of carboxylic acid groups (broad SMARTS) is 1. The van der Waals surface area contributed by atoms with Crippen LogP contribution in [0.3, 0.4) is 0 Å².